The molecule has 0 saturated carbocycles. The maximum atomic E-state index is 5.70. The highest BCUT2D eigenvalue weighted by Crippen LogP contribution is 2.07. The molecule has 0 aromatic carbocycles. The monoisotopic (exact) mass is 114 g/mol. The van der Waals surface area contributed by atoms with Crippen LogP contribution >= 0.6 is 0 Å². The molecule has 0 aliphatic carbocycles. The van der Waals surface area contributed by atoms with E-state index in [4.69, 9.17) is 5.73 Å². The van der Waals surface area contributed by atoms with E-state index in [1.165, 1.54) is 0 Å². The van der Waals surface area contributed by atoms with Gasteiger partial charge in [-0.1, -0.05) is 20.8 Å². The van der Waals surface area contributed by atoms with Crippen molar-refractivity contribution in [2.45, 2.75) is 26.8 Å². The van der Waals surface area contributed by atoms with Crippen molar-refractivity contribution in [2.75, 3.05) is 0 Å². The quantitative estimate of drug-likeness (QED) is 0.577. The molecule has 0 aromatic heterocycles. The van der Waals surface area contributed by atoms with Gasteiger partial charge in [-0.2, -0.15) is 0 Å². The van der Waals surface area contributed by atoms with Gasteiger partial charge < -0.3 is 5.73 Å². The minimum absolute atomic E-state index is 0.259. The van der Waals surface area contributed by atoms with Gasteiger partial charge >= 0.3 is 0 Å². The summed E-state index contributed by atoms with van der Waals surface area (Å²) < 4.78 is 0. The van der Waals surface area contributed by atoms with E-state index in [1.54, 1.807) is 0 Å². The number of hydrogen-bond acceptors (Lipinski definition) is 1. The van der Waals surface area contributed by atoms with E-state index in [0.717, 1.165) is 0 Å². The molecule has 8 heavy (non-hydrogen) atoms. The van der Waals surface area contributed by atoms with Crippen LogP contribution in [0, 0.1) is 18.8 Å². The fourth-order valence-electron chi connectivity index (χ4n) is 0.657. The molecule has 1 radical (unpaired) electrons. The predicted octanol–water partition coefficient (Wildman–Crippen LogP) is 1.44. The molecule has 1 nitrogen and oxygen atoms in total. The van der Waals surface area contributed by atoms with Crippen molar-refractivity contribution in [1.29, 1.82) is 0 Å². The molecule has 0 aliphatic heterocycles. The Balaban J connectivity index is 3.46. The maximum Gasteiger partial charge on any atom is 0.00877 e. The van der Waals surface area contributed by atoms with Crippen LogP contribution in [0.2, 0.25) is 0 Å². The highest BCUT2D eigenvalue weighted by molar-refractivity contribution is 4.72. The van der Waals surface area contributed by atoms with Gasteiger partial charge in [-0.05, 0) is 18.8 Å². The average molecular weight is 114 g/mol. The molecule has 0 amide bonds. The average Bonchev–Trinajstić information content (AvgIpc) is 1.64. The SMILES string of the molecule is [CH2]C(C)C(N)C(C)C. The zero-order valence-corrected chi connectivity index (χ0v) is 6.02. The zero-order chi connectivity index (χ0) is 6.73. The van der Waals surface area contributed by atoms with E-state index < -0.39 is 0 Å². The molecule has 1 heteroatoms. The molecule has 2 N–H and O–H groups in total. The lowest BCUT2D eigenvalue weighted by molar-refractivity contribution is 0.413. The topological polar surface area (TPSA) is 26.0 Å². The Bertz CT molecular complexity index is 49.4. The lowest BCUT2D eigenvalue weighted by atomic mass is 9.95. The minimum Gasteiger partial charge on any atom is -0.327 e. The van der Waals surface area contributed by atoms with E-state index in [0.29, 0.717) is 11.8 Å². The van der Waals surface area contributed by atoms with Gasteiger partial charge in [-0.15, -0.1) is 0 Å². The number of hydrogen-bond donors (Lipinski definition) is 1. The van der Waals surface area contributed by atoms with Crippen LogP contribution < -0.4 is 5.73 Å². The Morgan fingerprint density at radius 1 is 1.25 bits per heavy atom. The molecule has 0 fully saturated rings. The van der Waals surface area contributed by atoms with E-state index >= 15 is 0 Å². The first-order valence-corrected chi connectivity index (χ1v) is 3.14. The van der Waals surface area contributed by atoms with Gasteiger partial charge in [0.1, 0.15) is 0 Å². The van der Waals surface area contributed by atoms with E-state index in [-0.39, 0.29) is 6.04 Å². The van der Waals surface area contributed by atoms with Crippen LogP contribution in [0.15, 0.2) is 0 Å². The number of rotatable bonds is 2. The van der Waals surface area contributed by atoms with E-state index in [9.17, 15) is 0 Å². The van der Waals surface area contributed by atoms with Crippen LogP contribution in [0.3, 0.4) is 0 Å². The van der Waals surface area contributed by atoms with Crippen molar-refractivity contribution < 1.29 is 0 Å². The van der Waals surface area contributed by atoms with Crippen molar-refractivity contribution in [3.8, 4) is 0 Å². The molecular weight excluding hydrogens is 98.1 g/mol. The van der Waals surface area contributed by atoms with Crippen molar-refractivity contribution >= 4 is 0 Å². The van der Waals surface area contributed by atoms with Gasteiger partial charge in [-0.3, -0.25) is 0 Å². The third-order valence-corrected chi connectivity index (χ3v) is 1.43. The van der Waals surface area contributed by atoms with E-state index in [1.807, 2.05) is 6.92 Å². The summed E-state index contributed by atoms with van der Waals surface area (Å²) in [6, 6.07) is 0.259. The lowest BCUT2D eigenvalue weighted by Gasteiger charge is -2.18. The summed E-state index contributed by atoms with van der Waals surface area (Å²) in [6.45, 7) is 10.1. The molecule has 0 spiro atoms. The van der Waals surface area contributed by atoms with Crippen LogP contribution in [0.25, 0.3) is 0 Å². The summed E-state index contributed by atoms with van der Waals surface area (Å²) in [4.78, 5) is 0. The highest BCUT2D eigenvalue weighted by atomic mass is 14.6. The zero-order valence-electron chi connectivity index (χ0n) is 6.02. The van der Waals surface area contributed by atoms with E-state index in [2.05, 4.69) is 20.8 Å². The molecular formula is C7H16N. The fourth-order valence-corrected chi connectivity index (χ4v) is 0.657. The normalized spacial score (nSPS) is 12.0. The third kappa shape index (κ3) is 2.31. The summed E-state index contributed by atoms with van der Waals surface area (Å²) in [5, 5.41) is 0. The summed E-state index contributed by atoms with van der Waals surface area (Å²) in [6.07, 6.45) is 0. The van der Waals surface area contributed by atoms with Gasteiger partial charge in [0.05, 0.1) is 0 Å². The minimum atomic E-state index is 0.259. The van der Waals surface area contributed by atoms with Crippen molar-refractivity contribution in [3.05, 3.63) is 6.92 Å². The summed E-state index contributed by atoms with van der Waals surface area (Å²) >= 11 is 0. The van der Waals surface area contributed by atoms with Crippen LogP contribution in [0.4, 0.5) is 0 Å². The Morgan fingerprint density at radius 3 is 1.62 bits per heavy atom. The second-order valence-corrected chi connectivity index (χ2v) is 2.80. The number of nitrogens with two attached hydrogens (primary N) is 1. The standard InChI is InChI=1S/C7H16N/c1-5(2)7(8)6(3)4/h5-7H,1,8H2,2-4H3. The molecule has 0 heterocycles. The second kappa shape index (κ2) is 3.08. The van der Waals surface area contributed by atoms with Gasteiger partial charge in [0.15, 0.2) is 0 Å². The third-order valence-electron chi connectivity index (χ3n) is 1.43. The molecule has 0 rings (SSSR count). The Morgan fingerprint density at radius 2 is 1.62 bits per heavy atom. The molecule has 2 unspecified atom stereocenters. The first kappa shape index (κ1) is 7.96. The summed E-state index contributed by atoms with van der Waals surface area (Å²) in [5.41, 5.74) is 5.70. The van der Waals surface area contributed by atoms with Gasteiger partial charge in [0.25, 0.3) is 0 Å². The summed E-state index contributed by atoms with van der Waals surface area (Å²) in [5.74, 6) is 0.928. The van der Waals surface area contributed by atoms with Crippen LogP contribution in [-0.2, 0) is 0 Å². The lowest BCUT2D eigenvalue weighted by Crippen LogP contribution is -2.31. The molecule has 2 atom stereocenters. The van der Waals surface area contributed by atoms with Crippen LogP contribution in [0.5, 0.6) is 0 Å². The highest BCUT2D eigenvalue weighted by Gasteiger charge is 2.10. The fraction of sp³-hybridized carbons (Fsp3) is 0.857. The molecule has 0 aliphatic rings. The molecule has 0 saturated heterocycles. The van der Waals surface area contributed by atoms with Crippen LogP contribution in [-0.4, -0.2) is 6.04 Å². The largest absolute Gasteiger partial charge is 0.327 e. The first-order chi connectivity index (χ1) is 3.55. The Hall–Kier alpha value is -0.0400. The molecule has 0 bridgehead atoms. The Labute approximate surface area is 52.3 Å². The van der Waals surface area contributed by atoms with Crippen molar-refractivity contribution in [1.82, 2.24) is 0 Å². The second-order valence-electron chi connectivity index (χ2n) is 2.80. The Kier molecular flexibility index (Phi) is 3.06. The maximum absolute atomic E-state index is 5.70. The molecule has 0 aromatic rings. The van der Waals surface area contributed by atoms with Crippen molar-refractivity contribution in [3.63, 3.8) is 0 Å². The molecule has 49 valence electrons. The smallest absolute Gasteiger partial charge is 0.00877 e. The first-order valence-electron chi connectivity index (χ1n) is 3.14. The van der Waals surface area contributed by atoms with Crippen LogP contribution in [0.1, 0.15) is 20.8 Å². The summed E-state index contributed by atoms with van der Waals surface area (Å²) in [7, 11) is 0. The van der Waals surface area contributed by atoms with Gasteiger partial charge in [0.2, 0.25) is 0 Å². The van der Waals surface area contributed by atoms with Gasteiger partial charge in [0, 0.05) is 6.04 Å². The van der Waals surface area contributed by atoms with Gasteiger partial charge in [-0.25, -0.2) is 0 Å². The predicted molar refractivity (Wildman–Crippen MR) is 37.3 cm³/mol. The van der Waals surface area contributed by atoms with Crippen molar-refractivity contribution in [2.24, 2.45) is 17.6 Å².